The van der Waals surface area contributed by atoms with Crippen molar-refractivity contribution in [3.8, 4) is 28.7 Å². The fraction of sp³-hybridized carbons (Fsp3) is 0.276. The van der Waals surface area contributed by atoms with E-state index in [-0.39, 0.29) is 34.6 Å². The topological polar surface area (TPSA) is 98.3 Å². The van der Waals surface area contributed by atoms with Gasteiger partial charge in [0, 0.05) is 17.7 Å². The molecule has 0 saturated carbocycles. The summed E-state index contributed by atoms with van der Waals surface area (Å²) >= 11 is 6.35. The van der Waals surface area contributed by atoms with Gasteiger partial charge in [-0.25, -0.2) is 0 Å². The number of halogens is 1. The Balaban J connectivity index is 1.62. The molecule has 1 aliphatic carbocycles. The molecule has 0 amide bonds. The first-order valence-electron chi connectivity index (χ1n) is 12.1. The van der Waals surface area contributed by atoms with Crippen LogP contribution in [0.15, 0.2) is 59.8 Å². The number of hydrogen-bond acceptors (Lipinski definition) is 8. The van der Waals surface area contributed by atoms with Crippen LogP contribution < -0.4 is 29.6 Å². The van der Waals surface area contributed by atoms with E-state index in [1.54, 1.807) is 33.5 Å². The summed E-state index contributed by atoms with van der Waals surface area (Å²) in [5, 5.41) is 17.5. The van der Waals surface area contributed by atoms with Gasteiger partial charge in [0.25, 0.3) is 0 Å². The summed E-state index contributed by atoms with van der Waals surface area (Å²) in [4.78, 5) is 13.9. The lowest BCUT2D eigenvalue weighted by Gasteiger charge is -2.30. The molecule has 0 spiro atoms. The first-order valence-corrected chi connectivity index (χ1v) is 12.5. The lowest BCUT2D eigenvalue weighted by Crippen LogP contribution is -2.27. The number of carbonyl (C=O) groups excluding carboxylic acids is 1. The van der Waals surface area contributed by atoms with Crippen molar-refractivity contribution in [1.82, 2.24) is 0 Å². The molecule has 1 aliphatic heterocycles. The summed E-state index contributed by atoms with van der Waals surface area (Å²) in [6.07, 6.45) is 0.867. The van der Waals surface area contributed by atoms with E-state index >= 15 is 0 Å². The van der Waals surface area contributed by atoms with E-state index in [4.69, 9.17) is 30.5 Å². The third-order valence-corrected chi connectivity index (χ3v) is 7.36. The molecular formula is C29H29ClN2O6. The van der Waals surface area contributed by atoms with Gasteiger partial charge in [-0.15, -0.1) is 0 Å². The predicted molar refractivity (Wildman–Crippen MR) is 146 cm³/mol. The largest absolute Gasteiger partial charge is 0.503 e. The smallest absolute Gasteiger partial charge is 0.203 e. The van der Waals surface area contributed by atoms with Crippen molar-refractivity contribution in [1.29, 1.82) is 0 Å². The molecule has 0 fully saturated rings. The number of Topliss-reactive ketones (excluding diaryl/α,β-unsaturated/α-hetero) is 1. The number of carbonyl (C=O) groups is 1. The van der Waals surface area contributed by atoms with Gasteiger partial charge in [0.05, 0.1) is 50.9 Å². The number of phenolic OH excluding ortho intramolecular Hbond substituents is 1. The second kappa shape index (κ2) is 10.4. The number of hydrogen-bond donors (Lipinski definition) is 3. The Kier molecular flexibility index (Phi) is 6.99. The van der Waals surface area contributed by atoms with Crippen LogP contribution in [0.3, 0.4) is 0 Å². The Morgan fingerprint density at radius 2 is 1.47 bits per heavy atom. The summed E-state index contributed by atoms with van der Waals surface area (Å²) in [7, 11) is 6.17. The van der Waals surface area contributed by atoms with Crippen LogP contribution >= 0.6 is 11.6 Å². The molecule has 38 heavy (non-hydrogen) atoms. The van der Waals surface area contributed by atoms with E-state index < -0.39 is 6.04 Å². The maximum absolute atomic E-state index is 13.9. The SMILES string of the molecule is COc1cc(C2Nc3ccccc3NC3=C2C(=O)CC(c2cc(OC)c(OC)c(OC)c2)C3)cc(Cl)c1O. The van der Waals surface area contributed by atoms with Crippen LogP contribution in [0, 0.1) is 0 Å². The Morgan fingerprint density at radius 1 is 0.842 bits per heavy atom. The van der Waals surface area contributed by atoms with Crippen LogP contribution in [-0.2, 0) is 4.79 Å². The summed E-state index contributed by atoms with van der Waals surface area (Å²) < 4.78 is 21.9. The fourth-order valence-electron chi connectivity index (χ4n) is 5.23. The minimum Gasteiger partial charge on any atom is -0.503 e. The number of aromatic hydroxyl groups is 1. The lowest BCUT2D eigenvalue weighted by atomic mass is 9.78. The second-order valence-electron chi connectivity index (χ2n) is 9.18. The van der Waals surface area contributed by atoms with Crippen molar-refractivity contribution in [2.45, 2.75) is 24.8 Å². The molecule has 0 radical (unpaired) electrons. The van der Waals surface area contributed by atoms with E-state index in [0.29, 0.717) is 34.8 Å². The average Bonchev–Trinajstić information content (AvgIpc) is 3.10. The molecule has 2 aliphatic rings. The number of anilines is 2. The number of ether oxygens (including phenoxy) is 4. The van der Waals surface area contributed by atoms with Gasteiger partial charge < -0.3 is 34.7 Å². The van der Waals surface area contributed by atoms with Crippen LogP contribution in [0.5, 0.6) is 28.7 Å². The fourth-order valence-corrected chi connectivity index (χ4v) is 5.45. The van der Waals surface area contributed by atoms with E-state index in [2.05, 4.69) is 10.6 Å². The quantitative estimate of drug-likeness (QED) is 0.350. The molecule has 3 aromatic rings. The van der Waals surface area contributed by atoms with Gasteiger partial charge in [0.1, 0.15) is 0 Å². The molecule has 0 saturated heterocycles. The van der Waals surface area contributed by atoms with Crippen LogP contribution in [0.4, 0.5) is 11.4 Å². The van der Waals surface area contributed by atoms with Crippen molar-refractivity contribution >= 4 is 28.8 Å². The number of fused-ring (bicyclic) bond motifs is 1. The van der Waals surface area contributed by atoms with Crippen LogP contribution in [-0.4, -0.2) is 39.3 Å². The number of nitrogens with one attached hydrogen (secondary N) is 2. The van der Waals surface area contributed by atoms with E-state index in [1.807, 2.05) is 36.4 Å². The number of phenols is 1. The highest BCUT2D eigenvalue weighted by Crippen LogP contribution is 2.48. The number of para-hydroxylation sites is 2. The number of rotatable bonds is 6. The van der Waals surface area contributed by atoms with Crippen molar-refractivity contribution in [3.05, 3.63) is 76.0 Å². The lowest BCUT2D eigenvalue weighted by molar-refractivity contribution is -0.116. The van der Waals surface area contributed by atoms with Gasteiger partial charge in [0.2, 0.25) is 5.75 Å². The highest BCUT2D eigenvalue weighted by Gasteiger charge is 2.37. The molecule has 1 heterocycles. The molecule has 3 N–H and O–H groups in total. The maximum Gasteiger partial charge on any atom is 0.203 e. The van der Waals surface area contributed by atoms with Crippen LogP contribution in [0.25, 0.3) is 0 Å². The van der Waals surface area contributed by atoms with Crippen molar-refractivity contribution in [2.24, 2.45) is 0 Å². The monoisotopic (exact) mass is 536 g/mol. The van der Waals surface area contributed by atoms with E-state index in [1.165, 1.54) is 7.11 Å². The molecule has 2 atom stereocenters. The molecule has 2 unspecified atom stereocenters. The van der Waals surface area contributed by atoms with Gasteiger partial charge in [-0.1, -0.05) is 23.7 Å². The zero-order chi connectivity index (χ0) is 27.0. The second-order valence-corrected chi connectivity index (χ2v) is 9.59. The molecule has 9 heteroatoms. The molecule has 0 bridgehead atoms. The number of allylic oxidation sites excluding steroid dienone is 1. The van der Waals surface area contributed by atoms with E-state index in [9.17, 15) is 9.90 Å². The zero-order valence-corrected chi connectivity index (χ0v) is 22.3. The Hall–Kier alpha value is -4.04. The summed E-state index contributed by atoms with van der Waals surface area (Å²) in [5.74, 6) is 1.55. The minimum atomic E-state index is -0.512. The van der Waals surface area contributed by atoms with E-state index in [0.717, 1.165) is 22.6 Å². The molecule has 8 nitrogen and oxygen atoms in total. The third kappa shape index (κ3) is 4.45. The maximum atomic E-state index is 13.9. The van der Waals surface area contributed by atoms with Gasteiger partial charge in [-0.2, -0.15) is 0 Å². The normalized spacial score (nSPS) is 18.4. The van der Waals surface area contributed by atoms with Crippen LogP contribution in [0.1, 0.15) is 35.9 Å². The third-order valence-electron chi connectivity index (χ3n) is 7.07. The van der Waals surface area contributed by atoms with Gasteiger partial charge in [-0.05, 0) is 59.9 Å². The van der Waals surface area contributed by atoms with Gasteiger partial charge in [-0.3, -0.25) is 4.79 Å². The Labute approximate surface area is 226 Å². The number of benzene rings is 3. The first-order chi connectivity index (χ1) is 18.4. The summed E-state index contributed by atoms with van der Waals surface area (Å²) in [5.41, 5.74) is 4.75. The van der Waals surface area contributed by atoms with Crippen molar-refractivity contribution in [2.75, 3.05) is 39.1 Å². The molecule has 3 aromatic carbocycles. The number of ketones is 1. The highest BCUT2D eigenvalue weighted by atomic mass is 35.5. The highest BCUT2D eigenvalue weighted by molar-refractivity contribution is 6.32. The summed E-state index contributed by atoms with van der Waals surface area (Å²) in [6, 6.07) is 14.4. The molecular weight excluding hydrogens is 508 g/mol. The molecule has 0 aromatic heterocycles. The van der Waals surface area contributed by atoms with Crippen LogP contribution in [0.2, 0.25) is 5.02 Å². The number of methoxy groups -OCH3 is 4. The predicted octanol–water partition coefficient (Wildman–Crippen LogP) is 6.06. The van der Waals surface area contributed by atoms with Gasteiger partial charge >= 0.3 is 0 Å². The minimum absolute atomic E-state index is 0.00836. The Morgan fingerprint density at radius 3 is 2.11 bits per heavy atom. The summed E-state index contributed by atoms with van der Waals surface area (Å²) in [6.45, 7) is 0. The average molecular weight is 537 g/mol. The zero-order valence-electron chi connectivity index (χ0n) is 21.6. The molecule has 198 valence electrons. The Bertz CT molecular complexity index is 1410. The molecule has 5 rings (SSSR count). The first kappa shape index (κ1) is 25.6. The standard InChI is InChI=1S/C29H29ClN2O6/c1-35-23-14-17(9-18(30)28(23)34)27-26-21(31-19-7-5-6-8-20(19)32-27)10-15(11-22(26)33)16-12-24(36-2)29(38-4)25(13-16)37-3/h5-9,12-15,27,31-32,34H,10-11H2,1-4H3. The van der Waals surface area contributed by atoms with Crippen molar-refractivity contribution < 1.29 is 28.8 Å². The van der Waals surface area contributed by atoms with Crippen molar-refractivity contribution in [3.63, 3.8) is 0 Å². The van der Waals surface area contributed by atoms with Gasteiger partial charge in [0.15, 0.2) is 28.8 Å².